The molecule has 0 radical (unpaired) electrons. The smallest absolute Gasteiger partial charge is 0.00945 e. The molecule has 1 fully saturated rings. The molecule has 0 nitrogen and oxygen atoms in total. The summed E-state index contributed by atoms with van der Waals surface area (Å²) in [5.74, 6) is 0.832. The van der Waals surface area contributed by atoms with E-state index in [1.807, 2.05) is 0 Å². The van der Waals surface area contributed by atoms with Crippen LogP contribution in [0.5, 0.6) is 0 Å². The maximum absolute atomic E-state index is 2.61. The van der Waals surface area contributed by atoms with Crippen molar-refractivity contribution in [2.24, 2.45) is 5.92 Å². The van der Waals surface area contributed by atoms with Gasteiger partial charge in [0, 0.05) is 0 Å². The van der Waals surface area contributed by atoms with Gasteiger partial charge < -0.3 is 0 Å². The fraction of sp³-hybridized carbons (Fsp3) is 0.586. The number of rotatable bonds is 5. The van der Waals surface area contributed by atoms with E-state index in [0.29, 0.717) is 10.3 Å². The zero-order chi connectivity index (χ0) is 23.0. The van der Waals surface area contributed by atoms with Gasteiger partial charge in [0.1, 0.15) is 0 Å². The molecule has 1 saturated carbocycles. The molecule has 31 heavy (non-hydrogen) atoms. The van der Waals surface area contributed by atoms with Crippen LogP contribution in [0.25, 0.3) is 0 Å². The van der Waals surface area contributed by atoms with E-state index in [1.54, 1.807) is 10.6 Å². The maximum Gasteiger partial charge on any atom is -0.00945 e. The van der Waals surface area contributed by atoms with E-state index >= 15 is 0 Å². The molecule has 3 rings (SSSR count). The average molecular weight is 455 g/mol. The summed E-state index contributed by atoms with van der Waals surface area (Å²) in [6.45, 7) is 22.0. The highest BCUT2D eigenvalue weighted by Crippen LogP contribution is 2.67. The lowest BCUT2D eigenvalue weighted by Crippen LogP contribution is -2.37. The first kappa shape index (κ1) is 24.9. The summed E-state index contributed by atoms with van der Waals surface area (Å²) >= 11 is 0. The van der Waals surface area contributed by atoms with E-state index in [4.69, 9.17) is 0 Å². The Hall–Kier alpha value is -0.700. The fourth-order valence-corrected chi connectivity index (χ4v) is 14.8. The molecule has 1 unspecified atom stereocenters. The molecule has 1 aliphatic rings. The van der Waals surface area contributed by atoms with Crippen LogP contribution in [0.3, 0.4) is 0 Å². The Bertz CT molecular complexity index is 777. The molecule has 0 aliphatic heterocycles. The van der Waals surface area contributed by atoms with Crippen LogP contribution >= 0.6 is 15.8 Å². The van der Waals surface area contributed by atoms with Crippen molar-refractivity contribution in [1.29, 1.82) is 0 Å². The van der Waals surface area contributed by atoms with Crippen LogP contribution in [0.15, 0.2) is 48.5 Å². The summed E-state index contributed by atoms with van der Waals surface area (Å²) in [5, 5.41) is 3.92. The van der Waals surface area contributed by atoms with E-state index < -0.39 is 0 Å². The number of aryl methyl sites for hydroxylation is 2. The quantitative estimate of drug-likeness (QED) is 0.398. The molecule has 1 aliphatic carbocycles. The lowest BCUT2D eigenvalue weighted by Gasteiger charge is -2.49. The lowest BCUT2D eigenvalue weighted by molar-refractivity contribution is 0.527. The van der Waals surface area contributed by atoms with Crippen LogP contribution in [-0.4, -0.2) is 21.6 Å². The molecule has 0 spiro atoms. The van der Waals surface area contributed by atoms with Gasteiger partial charge in [0.25, 0.3) is 0 Å². The normalized spacial score (nSPS) is 21.1. The van der Waals surface area contributed by atoms with Crippen LogP contribution in [0.4, 0.5) is 0 Å². The molecule has 2 aromatic rings. The van der Waals surface area contributed by atoms with E-state index in [-0.39, 0.29) is 15.8 Å². The van der Waals surface area contributed by atoms with E-state index in [9.17, 15) is 0 Å². The van der Waals surface area contributed by atoms with E-state index in [1.165, 1.54) is 30.4 Å². The minimum atomic E-state index is -0.335. The van der Waals surface area contributed by atoms with Crippen molar-refractivity contribution in [2.45, 2.75) is 103 Å². The lowest BCUT2D eigenvalue weighted by atomic mass is 10.0. The summed E-state index contributed by atoms with van der Waals surface area (Å²) < 4.78 is 0. The van der Waals surface area contributed by atoms with Crippen molar-refractivity contribution in [3.63, 3.8) is 0 Å². The Balaban J connectivity index is 2.03. The number of hydrogen-bond donors (Lipinski definition) is 0. The standard InChI is InChI=1S/C29H44P2/c1-21-13-17-24(18-14-21)30(25-19-15-22(2)16-20-25)27-12-10-11-26(27)23(3)31(28(4,5)6)29(7,8)9/h13-20,23,26-27H,10-12H2,1-9H3/t23-,26?,27+/m1/s1. The third-order valence-electron chi connectivity index (χ3n) is 6.96. The largest absolute Gasteiger partial charge is 0.0924 e. The Labute approximate surface area is 195 Å². The summed E-state index contributed by atoms with van der Waals surface area (Å²) in [7, 11) is -0.439. The van der Waals surface area contributed by atoms with E-state index in [0.717, 1.165) is 17.2 Å². The minimum absolute atomic E-state index is 0.104. The molecule has 2 heteroatoms. The van der Waals surface area contributed by atoms with Crippen molar-refractivity contribution in [3.05, 3.63) is 59.7 Å². The molecule has 2 aromatic carbocycles. The Morgan fingerprint density at radius 1 is 0.710 bits per heavy atom. The minimum Gasteiger partial charge on any atom is -0.0924 e. The molecule has 0 amide bonds. The Kier molecular flexibility index (Phi) is 7.77. The van der Waals surface area contributed by atoms with Gasteiger partial charge in [0.05, 0.1) is 0 Å². The first-order valence-corrected chi connectivity index (χ1v) is 14.9. The molecule has 0 N–H and O–H groups in total. The second-order valence-electron chi connectivity index (χ2n) is 11.7. The van der Waals surface area contributed by atoms with Gasteiger partial charge in [-0.3, -0.25) is 0 Å². The molecule has 3 atom stereocenters. The Morgan fingerprint density at radius 3 is 1.52 bits per heavy atom. The third-order valence-corrected chi connectivity index (χ3v) is 14.1. The van der Waals surface area contributed by atoms with Gasteiger partial charge in [-0.25, -0.2) is 0 Å². The second-order valence-corrected chi connectivity index (χ2v) is 18.3. The van der Waals surface area contributed by atoms with Gasteiger partial charge in [-0.2, -0.15) is 0 Å². The van der Waals surface area contributed by atoms with Crippen molar-refractivity contribution in [1.82, 2.24) is 0 Å². The maximum atomic E-state index is 2.61. The van der Waals surface area contributed by atoms with Gasteiger partial charge >= 0.3 is 0 Å². The van der Waals surface area contributed by atoms with Gasteiger partial charge in [0.2, 0.25) is 0 Å². The van der Waals surface area contributed by atoms with Gasteiger partial charge in [-0.05, 0) is 72.8 Å². The highest BCUT2D eigenvalue weighted by Gasteiger charge is 2.46. The van der Waals surface area contributed by atoms with Crippen molar-refractivity contribution >= 4 is 26.5 Å². The van der Waals surface area contributed by atoms with Gasteiger partial charge in [-0.1, -0.05) is 122 Å². The molecular weight excluding hydrogens is 410 g/mol. The molecule has 0 aromatic heterocycles. The third kappa shape index (κ3) is 5.81. The van der Waals surface area contributed by atoms with Crippen LogP contribution in [-0.2, 0) is 0 Å². The van der Waals surface area contributed by atoms with Crippen LogP contribution in [0, 0.1) is 19.8 Å². The Morgan fingerprint density at radius 2 is 1.13 bits per heavy atom. The number of benzene rings is 2. The van der Waals surface area contributed by atoms with Gasteiger partial charge in [0.15, 0.2) is 0 Å². The molecule has 0 heterocycles. The summed E-state index contributed by atoms with van der Waals surface area (Å²) in [6, 6.07) is 19.0. The summed E-state index contributed by atoms with van der Waals surface area (Å²) in [4.78, 5) is 0. The first-order chi connectivity index (χ1) is 14.4. The monoisotopic (exact) mass is 454 g/mol. The molecule has 0 bridgehead atoms. The van der Waals surface area contributed by atoms with Gasteiger partial charge in [-0.15, -0.1) is 0 Å². The van der Waals surface area contributed by atoms with Crippen molar-refractivity contribution in [3.8, 4) is 0 Å². The second kappa shape index (κ2) is 9.65. The van der Waals surface area contributed by atoms with Crippen LogP contribution in [0.1, 0.15) is 78.9 Å². The zero-order valence-electron chi connectivity index (χ0n) is 21.4. The predicted molar refractivity (Wildman–Crippen MR) is 146 cm³/mol. The number of hydrogen-bond acceptors (Lipinski definition) is 0. The highest BCUT2D eigenvalue weighted by molar-refractivity contribution is 7.73. The molecular formula is C29H44P2. The zero-order valence-corrected chi connectivity index (χ0v) is 23.2. The van der Waals surface area contributed by atoms with Crippen molar-refractivity contribution < 1.29 is 0 Å². The van der Waals surface area contributed by atoms with Crippen LogP contribution < -0.4 is 10.6 Å². The fourth-order valence-electron chi connectivity index (χ4n) is 6.21. The SMILES string of the molecule is Cc1ccc(P(c2ccc(C)cc2)[C@H]2CCCC2[C@@H](C)P(C(C)(C)C)C(C)(C)C)cc1. The predicted octanol–water partition coefficient (Wildman–Crippen LogP) is 8.37. The van der Waals surface area contributed by atoms with Crippen molar-refractivity contribution in [2.75, 3.05) is 0 Å². The molecule has 170 valence electrons. The highest BCUT2D eigenvalue weighted by atomic mass is 31.1. The van der Waals surface area contributed by atoms with E-state index in [2.05, 4.69) is 111 Å². The average Bonchev–Trinajstić information content (AvgIpc) is 3.12. The topological polar surface area (TPSA) is 0 Å². The summed E-state index contributed by atoms with van der Waals surface area (Å²) in [6.07, 6.45) is 4.20. The van der Waals surface area contributed by atoms with Crippen LogP contribution in [0.2, 0.25) is 0 Å². The molecule has 0 saturated heterocycles. The summed E-state index contributed by atoms with van der Waals surface area (Å²) in [5.41, 5.74) is 4.32. The first-order valence-electron chi connectivity index (χ1n) is 12.1.